The normalized spacial score (nSPS) is 10.4. The number of hydrogen-bond donors (Lipinski definition) is 2. The van der Waals surface area contributed by atoms with Crippen LogP contribution in [0.15, 0.2) is 28.7 Å². The van der Waals surface area contributed by atoms with Gasteiger partial charge in [0.05, 0.1) is 10.7 Å². The van der Waals surface area contributed by atoms with Gasteiger partial charge in [-0.25, -0.2) is 0 Å². The van der Waals surface area contributed by atoms with E-state index in [2.05, 4.69) is 26.1 Å². The number of H-pyrrole nitrogens is 1. The van der Waals surface area contributed by atoms with Gasteiger partial charge < -0.3 is 5.73 Å². The predicted octanol–water partition coefficient (Wildman–Crippen LogP) is 3.07. The van der Waals surface area contributed by atoms with Crippen molar-refractivity contribution in [1.29, 1.82) is 0 Å². The Morgan fingerprint density at radius 3 is 2.79 bits per heavy atom. The highest BCUT2D eigenvalue weighted by Gasteiger charge is 2.09. The monoisotopic (exact) mass is 271 g/mol. The Morgan fingerprint density at radius 2 is 2.21 bits per heavy atom. The van der Waals surface area contributed by atoms with E-state index in [1.807, 2.05) is 18.2 Å². The van der Waals surface area contributed by atoms with Crippen LogP contribution in [0.4, 0.5) is 5.82 Å². The van der Waals surface area contributed by atoms with Crippen LogP contribution in [0.5, 0.6) is 0 Å². The molecule has 0 atom stereocenters. The highest BCUT2D eigenvalue weighted by molar-refractivity contribution is 9.10. The van der Waals surface area contributed by atoms with Crippen molar-refractivity contribution in [2.45, 2.75) is 0 Å². The summed E-state index contributed by atoms with van der Waals surface area (Å²) in [5, 5.41) is 7.32. The minimum Gasteiger partial charge on any atom is -0.382 e. The third-order valence-electron chi connectivity index (χ3n) is 1.83. The molecule has 1 heterocycles. The first kappa shape index (κ1) is 9.55. The Bertz CT molecular complexity index is 447. The number of aromatic amines is 1. The van der Waals surface area contributed by atoms with Crippen molar-refractivity contribution in [1.82, 2.24) is 10.2 Å². The van der Waals surface area contributed by atoms with E-state index in [1.54, 1.807) is 6.07 Å². The molecule has 0 aliphatic carbocycles. The molecule has 0 unspecified atom stereocenters. The van der Waals surface area contributed by atoms with E-state index in [0.717, 1.165) is 15.7 Å². The topological polar surface area (TPSA) is 54.7 Å². The van der Waals surface area contributed by atoms with Crippen LogP contribution in [0.1, 0.15) is 0 Å². The fourth-order valence-electron chi connectivity index (χ4n) is 1.22. The Kier molecular flexibility index (Phi) is 2.48. The second kappa shape index (κ2) is 3.63. The molecule has 14 heavy (non-hydrogen) atoms. The molecule has 72 valence electrons. The van der Waals surface area contributed by atoms with Crippen molar-refractivity contribution in [2.75, 3.05) is 5.73 Å². The molecular weight excluding hydrogens is 265 g/mol. The van der Waals surface area contributed by atoms with Crippen LogP contribution in [0, 0.1) is 0 Å². The molecule has 0 radical (unpaired) electrons. The first-order chi connectivity index (χ1) is 6.68. The quantitative estimate of drug-likeness (QED) is 0.838. The van der Waals surface area contributed by atoms with Gasteiger partial charge in [-0.15, -0.1) is 0 Å². The van der Waals surface area contributed by atoms with Crippen LogP contribution >= 0.6 is 27.5 Å². The third kappa shape index (κ3) is 1.63. The van der Waals surface area contributed by atoms with Crippen molar-refractivity contribution in [3.8, 4) is 11.3 Å². The van der Waals surface area contributed by atoms with Gasteiger partial charge in [0, 0.05) is 16.1 Å². The molecule has 0 bridgehead atoms. The molecule has 1 aromatic heterocycles. The van der Waals surface area contributed by atoms with Gasteiger partial charge in [0.1, 0.15) is 5.82 Å². The number of aromatic nitrogens is 2. The summed E-state index contributed by atoms with van der Waals surface area (Å²) in [7, 11) is 0. The van der Waals surface area contributed by atoms with Crippen LogP contribution in [0.3, 0.4) is 0 Å². The zero-order valence-corrected chi connectivity index (χ0v) is 9.43. The van der Waals surface area contributed by atoms with E-state index in [1.165, 1.54) is 0 Å². The van der Waals surface area contributed by atoms with E-state index in [9.17, 15) is 0 Å². The van der Waals surface area contributed by atoms with Gasteiger partial charge in [0.25, 0.3) is 0 Å². The van der Waals surface area contributed by atoms with Gasteiger partial charge >= 0.3 is 0 Å². The molecular formula is C9H7BrClN3. The standard InChI is InChI=1S/C9H7BrClN3/c10-5-2-1-3-6(11)9(5)7-4-8(12)14-13-7/h1-4H,(H3,12,13,14). The molecule has 2 rings (SSSR count). The summed E-state index contributed by atoms with van der Waals surface area (Å²) in [4.78, 5) is 0. The van der Waals surface area contributed by atoms with Crippen LogP contribution < -0.4 is 5.73 Å². The summed E-state index contributed by atoms with van der Waals surface area (Å²) in [5.41, 5.74) is 7.19. The number of nitrogens with zero attached hydrogens (tertiary/aromatic N) is 1. The van der Waals surface area contributed by atoms with Gasteiger partial charge in [-0.1, -0.05) is 33.6 Å². The van der Waals surface area contributed by atoms with E-state index in [0.29, 0.717) is 10.8 Å². The van der Waals surface area contributed by atoms with Crippen molar-refractivity contribution < 1.29 is 0 Å². The minimum atomic E-state index is 0.451. The first-order valence-corrected chi connectivity index (χ1v) is 5.11. The maximum absolute atomic E-state index is 6.05. The molecule has 0 aliphatic heterocycles. The highest BCUT2D eigenvalue weighted by atomic mass is 79.9. The largest absolute Gasteiger partial charge is 0.382 e. The number of nitrogen functional groups attached to an aromatic ring is 1. The summed E-state index contributed by atoms with van der Waals surface area (Å²) < 4.78 is 0.911. The van der Waals surface area contributed by atoms with E-state index < -0.39 is 0 Å². The van der Waals surface area contributed by atoms with Crippen molar-refractivity contribution in [3.05, 3.63) is 33.8 Å². The number of nitrogens with one attached hydrogen (secondary N) is 1. The number of nitrogens with two attached hydrogens (primary N) is 1. The molecule has 3 N–H and O–H groups in total. The summed E-state index contributed by atoms with van der Waals surface area (Å²) in [5.74, 6) is 0.451. The second-order valence-corrected chi connectivity index (χ2v) is 4.06. The van der Waals surface area contributed by atoms with Crippen molar-refractivity contribution >= 4 is 33.3 Å². The van der Waals surface area contributed by atoms with Crippen LogP contribution in [0.2, 0.25) is 5.02 Å². The van der Waals surface area contributed by atoms with Crippen LogP contribution in [-0.4, -0.2) is 10.2 Å². The molecule has 0 fully saturated rings. The van der Waals surface area contributed by atoms with Crippen LogP contribution in [0.25, 0.3) is 11.3 Å². The summed E-state index contributed by atoms with van der Waals surface area (Å²) in [6.45, 7) is 0. The summed E-state index contributed by atoms with van der Waals surface area (Å²) in [6, 6.07) is 7.35. The van der Waals surface area contributed by atoms with Crippen molar-refractivity contribution in [3.63, 3.8) is 0 Å². The van der Waals surface area contributed by atoms with Gasteiger partial charge in [-0.05, 0) is 12.1 Å². The van der Waals surface area contributed by atoms with Gasteiger partial charge in [0.2, 0.25) is 0 Å². The molecule has 0 saturated heterocycles. The highest BCUT2D eigenvalue weighted by Crippen LogP contribution is 2.33. The smallest absolute Gasteiger partial charge is 0.145 e. The average Bonchev–Trinajstić information content (AvgIpc) is 2.51. The van der Waals surface area contributed by atoms with Crippen LogP contribution in [-0.2, 0) is 0 Å². The Balaban J connectivity index is 2.61. The number of benzene rings is 1. The molecule has 0 amide bonds. The fraction of sp³-hybridized carbons (Fsp3) is 0. The minimum absolute atomic E-state index is 0.451. The maximum Gasteiger partial charge on any atom is 0.145 e. The number of halogens is 2. The first-order valence-electron chi connectivity index (χ1n) is 3.94. The van der Waals surface area contributed by atoms with Gasteiger partial charge in [0.15, 0.2) is 0 Å². The second-order valence-electron chi connectivity index (χ2n) is 2.80. The maximum atomic E-state index is 6.05. The van der Waals surface area contributed by atoms with Crippen molar-refractivity contribution in [2.24, 2.45) is 0 Å². The van der Waals surface area contributed by atoms with E-state index in [-0.39, 0.29) is 0 Å². The molecule has 0 aliphatic rings. The Morgan fingerprint density at radius 1 is 1.43 bits per heavy atom. The lowest BCUT2D eigenvalue weighted by atomic mass is 10.1. The molecule has 2 aromatic rings. The molecule has 1 aromatic carbocycles. The zero-order chi connectivity index (χ0) is 10.1. The average molecular weight is 273 g/mol. The van der Waals surface area contributed by atoms with Gasteiger partial charge in [-0.3, -0.25) is 5.10 Å². The number of hydrogen-bond acceptors (Lipinski definition) is 2. The lowest BCUT2D eigenvalue weighted by molar-refractivity contribution is 1.10. The third-order valence-corrected chi connectivity index (χ3v) is 2.81. The SMILES string of the molecule is Nc1cc(-c2c(Cl)cccc2Br)[nH]n1. The zero-order valence-electron chi connectivity index (χ0n) is 7.09. The Hall–Kier alpha value is -1.00. The summed E-state index contributed by atoms with van der Waals surface area (Å²) in [6.07, 6.45) is 0. The lowest BCUT2D eigenvalue weighted by Crippen LogP contribution is -1.81. The fourth-order valence-corrected chi connectivity index (χ4v) is 2.19. The number of rotatable bonds is 1. The van der Waals surface area contributed by atoms with Gasteiger partial charge in [-0.2, -0.15) is 5.10 Å². The molecule has 0 spiro atoms. The van der Waals surface area contributed by atoms with E-state index in [4.69, 9.17) is 17.3 Å². The lowest BCUT2D eigenvalue weighted by Gasteiger charge is -2.03. The molecule has 0 saturated carbocycles. The molecule has 5 heteroatoms. The summed E-state index contributed by atoms with van der Waals surface area (Å²) >= 11 is 9.47. The van der Waals surface area contributed by atoms with E-state index >= 15 is 0 Å². The number of anilines is 1. The molecule has 3 nitrogen and oxygen atoms in total. The Labute approximate surface area is 94.4 Å². The predicted molar refractivity (Wildman–Crippen MR) is 61.1 cm³/mol.